The van der Waals surface area contributed by atoms with Crippen LogP contribution in [0.3, 0.4) is 0 Å². The largest absolute Gasteiger partial charge is 0.380 e. The van der Waals surface area contributed by atoms with Gasteiger partial charge in [0.15, 0.2) is 0 Å². The summed E-state index contributed by atoms with van der Waals surface area (Å²) < 4.78 is 5.16. The van der Waals surface area contributed by atoms with Crippen molar-refractivity contribution < 1.29 is 4.74 Å². The number of hydrogen-bond acceptors (Lipinski definition) is 2. The Bertz CT molecular complexity index is 74.9. The molecule has 1 saturated heterocycles. The first-order chi connectivity index (χ1) is 3.84. The minimum atomic E-state index is 0.454. The van der Waals surface area contributed by atoms with Gasteiger partial charge in [-0.15, -0.1) is 0 Å². The van der Waals surface area contributed by atoms with Gasteiger partial charge in [0.05, 0.1) is 6.10 Å². The second-order valence-corrected chi connectivity index (χ2v) is 2.41. The Morgan fingerprint density at radius 3 is 2.50 bits per heavy atom. The molecule has 1 aliphatic rings. The molecule has 0 spiro atoms. The van der Waals surface area contributed by atoms with E-state index in [4.69, 9.17) is 4.74 Å². The van der Waals surface area contributed by atoms with Gasteiger partial charge in [0.25, 0.3) is 0 Å². The lowest BCUT2D eigenvalue weighted by Gasteiger charge is -2.09. The standard InChI is InChI=1S/C6H13NO/c1-5-3-7-4-6(5)8-2/h5-7H,3-4H2,1-2H3/t5-,6+/m1/s1. The van der Waals surface area contributed by atoms with E-state index in [0.29, 0.717) is 12.0 Å². The van der Waals surface area contributed by atoms with Crippen molar-refractivity contribution in [3.63, 3.8) is 0 Å². The number of ether oxygens (including phenoxy) is 1. The average molecular weight is 115 g/mol. The van der Waals surface area contributed by atoms with Gasteiger partial charge in [0, 0.05) is 20.2 Å². The first-order valence-corrected chi connectivity index (χ1v) is 3.08. The summed E-state index contributed by atoms with van der Waals surface area (Å²) in [4.78, 5) is 0. The summed E-state index contributed by atoms with van der Waals surface area (Å²) in [7, 11) is 1.77. The fourth-order valence-electron chi connectivity index (χ4n) is 1.10. The Labute approximate surface area is 50.2 Å². The molecule has 1 N–H and O–H groups in total. The smallest absolute Gasteiger partial charge is 0.0733 e. The van der Waals surface area contributed by atoms with E-state index in [1.807, 2.05) is 0 Å². The molecule has 0 saturated carbocycles. The van der Waals surface area contributed by atoms with E-state index in [9.17, 15) is 0 Å². The average Bonchev–Trinajstić information content (AvgIpc) is 2.14. The lowest BCUT2D eigenvalue weighted by atomic mass is 10.1. The van der Waals surface area contributed by atoms with E-state index in [2.05, 4.69) is 12.2 Å². The van der Waals surface area contributed by atoms with Gasteiger partial charge in [-0.05, 0) is 5.92 Å². The summed E-state index contributed by atoms with van der Waals surface area (Å²) in [5.41, 5.74) is 0. The summed E-state index contributed by atoms with van der Waals surface area (Å²) in [6, 6.07) is 0. The second kappa shape index (κ2) is 2.46. The Balaban J connectivity index is 2.30. The molecule has 8 heavy (non-hydrogen) atoms. The van der Waals surface area contributed by atoms with Crippen molar-refractivity contribution in [2.75, 3.05) is 20.2 Å². The van der Waals surface area contributed by atoms with Gasteiger partial charge in [0.2, 0.25) is 0 Å². The zero-order valence-corrected chi connectivity index (χ0v) is 5.48. The van der Waals surface area contributed by atoms with Crippen LogP contribution in [-0.2, 0) is 4.74 Å². The maximum atomic E-state index is 5.16. The van der Waals surface area contributed by atoms with Crippen molar-refractivity contribution in [3.05, 3.63) is 0 Å². The maximum Gasteiger partial charge on any atom is 0.0733 e. The van der Waals surface area contributed by atoms with Crippen molar-refractivity contribution >= 4 is 0 Å². The van der Waals surface area contributed by atoms with Gasteiger partial charge in [-0.2, -0.15) is 0 Å². The molecule has 0 aromatic heterocycles. The Hall–Kier alpha value is -0.0800. The molecule has 48 valence electrons. The fraction of sp³-hybridized carbons (Fsp3) is 1.00. The molecule has 0 amide bonds. The van der Waals surface area contributed by atoms with E-state index in [0.717, 1.165) is 13.1 Å². The topological polar surface area (TPSA) is 21.3 Å². The van der Waals surface area contributed by atoms with Crippen molar-refractivity contribution in [1.29, 1.82) is 0 Å². The van der Waals surface area contributed by atoms with Crippen molar-refractivity contribution in [1.82, 2.24) is 5.32 Å². The molecule has 1 aliphatic heterocycles. The first-order valence-electron chi connectivity index (χ1n) is 3.08. The first kappa shape index (κ1) is 6.05. The van der Waals surface area contributed by atoms with Crippen molar-refractivity contribution in [2.45, 2.75) is 13.0 Å². The van der Waals surface area contributed by atoms with Crippen molar-refractivity contribution in [2.24, 2.45) is 5.92 Å². The molecule has 2 atom stereocenters. The van der Waals surface area contributed by atoms with Crippen molar-refractivity contribution in [3.8, 4) is 0 Å². The van der Waals surface area contributed by atoms with Crippen LogP contribution < -0.4 is 5.32 Å². The highest BCUT2D eigenvalue weighted by molar-refractivity contribution is 4.77. The van der Waals surface area contributed by atoms with Gasteiger partial charge in [-0.1, -0.05) is 6.92 Å². The zero-order chi connectivity index (χ0) is 5.98. The van der Waals surface area contributed by atoms with Gasteiger partial charge in [0.1, 0.15) is 0 Å². The summed E-state index contributed by atoms with van der Waals surface area (Å²) in [6.45, 7) is 4.34. The van der Waals surface area contributed by atoms with Crippen LogP contribution in [0.15, 0.2) is 0 Å². The van der Waals surface area contributed by atoms with E-state index < -0.39 is 0 Å². The molecule has 0 radical (unpaired) electrons. The van der Waals surface area contributed by atoms with Crippen LogP contribution in [0.2, 0.25) is 0 Å². The molecular weight excluding hydrogens is 102 g/mol. The number of methoxy groups -OCH3 is 1. The molecule has 0 aromatic carbocycles. The van der Waals surface area contributed by atoms with Crippen LogP contribution in [-0.4, -0.2) is 26.3 Å². The molecule has 1 rings (SSSR count). The second-order valence-electron chi connectivity index (χ2n) is 2.41. The zero-order valence-electron chi connectivity index (χ0n) is 5.48. The summed E-state index contributed by atoms with van der Waals surface area (Å²) in [5, 5.41) is 3.25. The molecule has 1 heterocycles. The van der Waals surface area contributed by atoms with Crippen LogP contribution in [0.5, 0.6) is 0 Å². The Morgan fingerprint density at radius 1 is 1.50 bits per heavy atom. The van der Waals surface area contributed by atoms with Crippen LogP contribution >= 0.6 is 0 Å². The van der Waals surface area contributed by atoms with E-state index in [1.54, 1.807) is 7.11 Å². The summed E-state index contributed by atoms with van der Waals surface area (Å²) in [6.07, 6.45) is 0.454. The minimum Gasteiger partial charge on any atom is -0.380 e. The molecule has 0 aromatic rings. The van der Waals surface area contributed by atoms with Crippen LogP contribution in [0.1, 0.15) is 6.92 Å². The van der Waals surface area contributed by atoms with Gasteiger partial charge >= 0.3 is 0 Å². The SMILES string of the molecule is CO[C@H]1CNC[C@H]1C. The lowest BCUT2D eigenvalue weighted by Crippen LogP contribution is -2.18. The quantitative estimate of drug-likeness (QED) is 0.528. The van der Waals surface area contributed by atoms with E-state index >= 15 is 0 Å². The predicted molar refractivity (Wildman–Crippen MR) is 32.8 cm³/mol. The molecule has 2 heteroatoms. The van der Waals surface area contributed by atoms with E-state index in [1.165, 1.54) is 0 Å². The predicted octanol–water partition coefficient (Wildman–Crippen LogP) is 0.241. The van der Waals surface area contributed by atoms with Gasteiger partial charge in [-0.25, -0.2) is 0 Å². The van der Waals surface area contributed by atoms with E-state index in [-0.39, 0.29) is 0 Å². The third-order valence-corrected chi connectivity index (χ3v) is 1.75. The minimum absolute atomic E-state index is 0.454. The molecular formula is C6H13NO. The highest BCUT2D eigenvalue weighted by Crippen LogP contribution is 2.09. The van der Waals surface area contributed by atoms with Gasteiger partial charge in [-0.3, -0.25) is 0 Å². The normalized spacial score (nSPS) is 38.2. The summed E-state index contributed by atoms with van der Waals surface area (Å²) in [5.74, 6) is 0.694. The lowest BCUT2D eigenvalue weighted by molar-refractivity contribution is 0.0892. The molecule has 2 nitrogen and oxygen atoms in total. The molecule has 1 fully saturated rings. The monoisotopic (exact) mass is 115 g/mol. The number of hydrogen-bond donors (Lipinski definition) is 1. The van der Waals surface area contributed by atoms with Crippen LogP contribution in [0.4, 0.5) is 0 Å². The number of nitrogens with one attached hydrogen (secondary N) is 1. The highest BCUT2D eigenvalue weighted by atomic mass is 16.5. The Kier molecular flexibility index (Phi) is 1.86. The van der Waals surface area contributed by atoms with Gasteiger partial charge < -0.3 is 10.1 Å². The number of rotatable bonds is 1. The fourth-order valence-corrected chi connectivity index (χ4v) is 1.10. The Morgan fingerprint density at radius 2 is 2.25 bits per heavy atom. The third kappa shape index (κ3) is 1.01. The summed E-state index contributed by atoms with van der Waals surface area (Å²) >= 11 is 0. The molecule has 0 bridgehead atoms. The molecule has 0 unspecified atom stereocenters. The highest BCUT2D eigenvalue weighted by Gasteiger charge is 2.21. The third-order valence-electron chi connectivity index (χ3n) is 1.75. The maximum absolute atomic E-state index is 5.16. The molecule has 0 aliphatic carbocycles. The van der Waals surface area contributed by atoms with Crippen LogP contribution in [0.25, 0.3) is 0 Å². The van der Waals surface area contributed by atoms with Crippen LogP contribution in [0, 0.1) is 5.92 Å².